The van der Waals surface area contributed by atoms with E-state index < -0.39 is 31.5 Å². The molecule has 8 heteroatoms. The maximum absolute atomic E-state index is 12.1. The fourth-order valence-electron chi connectivity index (χ4n) is 1.14. The average Bonchev–Trinajstić information content (AvgIpc) is 2.14. The number of hydrogen-bond donors (Lipinski definition) is 2. The molecule has 0 saturated heterocycles. The van der Waals surface area contributed by atoms with Gasteiger partial charge in [0, 0.05) is 6.42 Å². The minimum absolute atomic E-state index is 0.0832. The molecule has 0 aromatic carbocycles. The van der Waals surface area contributed by atoms with Crippen molar-refractivity contribution in [2.45, 2.75) is 25.9 Å². The number of rotatable bonds is 8. The third-order valence-electron chi connectivity index (χ3n) is 1.72. The Hall–Kier alpha value is -0.910. The smallest absolute Gasteiger partial charge is 0.343 e. The van der Waals surface area contributed by atoms with Crippen LogP contribution in [0.5, 0.6) is 0 Å². The van der Waals surface area contributed by atoms with Crippen LogP contribution < -0.4 is 11.5 Å². The quantitative estimate of drug-likeness (QED) is 0.588. The van der Waals surface area contributed by atoms with Crippen molar-refractivity contribution in [1.82, 2.24) is 0 Å². The van der Waals surface area contributed by atoms with Gasteiger partial charge in [0.15, 0.2) is 0 Å². The van der Waals surface area contributed by atoms with Gasteiger partial charge in [-0.3, -0.25) is 14.2 Å². The molecule has 0 radical (unpaired) electrons. The standard InChI is InChI=1S/C8H17N2O5P/c1-3-14-16(13,15-4-2)6(8(10)12)5-7(9)11/h6H,3-5H2,1-2H3,(H2,9,11)(H2,10,12). The lowest BCUT2D eigenvalue weighted by molar-refractivity contribution is -0.123. The molecule has 0 aromatic rings. The monoisotopic (exact) mass is 252 g/mol. The molecule has 0 bridgehead atoms. The molecule has 2 amide bonds. The second kappa shape index (κ2) is 6.62. The van der Waals surface area contributed by atoms with Crippen LogP contribution in [0.1, 0.15) is 20.3 Å². The van der Waals surface area contributed by atoms with E-state index in [1.807, 2.05) is 0 Å². The van der Waals surface area contributed by atoms with Crippen LogP contribution in [0.15, 0.2) is 0 Å². The summed E-state index contributed by atoms with van der Waals surface area (Å²) in [5.74, 6) is -1.72. The van der Waals surface area contributed by atoms with E-state index in [2.05, 4.69) is 0 Å². The molecule has 0 heterocycles. The summed E-state index contributed by atoms with van der Waals surface area (Å²) >= 11 is 0. The second-order valence-corrected chi connectivity index (χ2v) is 5.18. The first-order valence-electron chi connectivity index (χ1n) is 4.83. The average molecular weight is 252 g/mol. The topological polar surface area (TPSA) is 122 Å². The van der Waals surface area contributed by atoms with Crippen molar-refractivity contribution in [3.8, 4) is 0 Å². The lowest BCUT2D eigenvalue weighted by atomic mass is 10.3. The van der Waals surface area contributed by atoms with Gasteiger partial charge >= 0.3 is 7.60 Å². The maximum Gasteiger partial charge on any atom is 0.343 e. The number of primary amides is 2. The summed E-state index contributed by atoms with van der Waals surface area (Å²) in [6, 6.07) is 0. The van der Waals surface area contributed by atoms with E-state index in [1.54, 1.807) is 13.8 Å². The van der Waals surface area contributed by atoms with E-state index in [1.165, 1.54) is 0 Å². The minimum Gasteiger partial charge on any atom is -0.370 e. The molecule has 0 rings (SSSR count). The molecule has 0 aliphatic heterocycles. The van der Waals surface area contributed by atoms with Gasteiger partial charge in [-0.25, -0.2) is 0 Å². The molecular weight excluding hydrogens is 235 g/mol. The molecule has 1 unspecified atom stereocenters. The highest BCUT2D eigenvalue weighted by Gasteiger charge is 2.40. The van der Waals surface area contributed by atoms with Crippen molar-refractivity contribution < 1.29 is 23.2 Å². The van der Waals surface area contributed by atoms with E-state index in [-0.39, 0.29) is 13.2 Å². The van der Waals surface area contributed by atoms with Gasteiger partial charge in [0.05, 0.1) is 13.2 Å². The Labute approximate surface area is 94.0 Å². The molecule has 7 nitrogen and oxygen atoms in total. The molecule has 4 N–H and O–H groups in total. The van der Waals surface area contributed by atoms with Gasteiger partial charge in [0.25, 0.3) is 0 Å². The molecular formula is C8H17N2O5P. The predicted octanol–water partition coefficient (Wildman–Crippen LogP) is -0.0182. The Kier molecular flexibility index (Phi) is 6.25. The Bertz CT molecular complexity index is 297. The lowest BCUT2D eigenvalue weighted by Gasteiger charge is -2.22. The van der Waals surface area contributed by atoms with Gasteiger partial charge in [-0.2, -0.15) is 0 Å². The summed E-state index contributed by atoms with van der Waals surface area (Å²) in [4.78, 5) is 21.9. The zero-order valence-electron chi connectivity index (χ0n) is 9.34. The SMILES string of the molecule is CCOP(=O)(OCC)C(CC(N)=O)C(N)=O. The molecule has 0 aliphatic rings. The normalized spacial score (nSPS) is 13.4. The van der Waals surface area contributed by atoms with Crippen LogP contribution in [0, 0.1) is 0 Å². The van der Waals surface area contributed by atoms with Gasteiger partial charge in [-0.05, 0) is 13.8 Å². The summed E-state index contributed by atoms with van der Waals surface area (Å²) in [5, 5.41) is 0. The fourth-order valence-corrected chi connectivity index (χ4v) is 3.01. The Morgan fingerprint density at radius 2 is 1.62 bits per heavy atom. The highest BCUT2D eigenvalue weighted by atomic mass is 31.2. The van der Waals surface area contributed by atoms with Crippen molar-refractivity contribution in [2.24, 2.45) is 11.5 Å². The van der Waals surface area contributed by atoms with Gasteiger partial charge < -0.3 is 20.5 Å². The molecule has 16 heavy (non-hydrogen) atoms. The first kappa shape index (κ1) is 15.1. The molecule has 0 spiro atoms. The molecule has 0 fully saturated rings. The predicted molar refractivity (Wildman–Crippen MR) is 57.7 cm³/mol. The number of hydrogen-bond acceptors (Lipinski definition) is 5. The highest BCUT2D eigenvalue weighted by molar-refractivity contribution is 7.55. The maximum atomic E-state index is 12.1. The van der Waals surface area contributed by atoms with E-state index in [9.17, 15) is 14.2 Å². The van der Waals surface area contributed by atoms with Gasteiger partial charge in [0.2, 0.25) is 11.8 Å². The first-order chi connectivity index (χ1) is 7.37. The zero-order valence-corrected chi connectivity index (χ0v) is 10.2. The van der Waals surface area contributed by atoms with Gasteiger partial charge in [-0.15, -0.1) is 0 Å². The van der Waals surface area contributed by atoms with Crippen molar-refractivity contribution in [2.75, 3.05) is 13.2 Å². The van der Waals surface area contributed by atoms with Crippen molar-refractivity contribution >= 4 is 19.4 Å². The Morgan fingerprint density at radius 3 is 1.88 bits per heavy atom. The zero-order chi connectivity index (χ0) is 12.8. The molecule has 0 saturated carbocycles. The molecule has 1 atom stereocenters. The van der Waals surface area contributed by atoms with Crippen LogP contribution in [0.25, 0.3) is 0 Å². The fraction of sp³-hybridized carbons (Fsp3) is 0.750. The largest absolute Gasteiger partial charge is 0.370 e. The highest BCUT2D eigenvalue weighted by Crippen LogP contribution is 2.53. The van der Waals surface area contributed by atoms with Crippen LogP contribution in [0.3, 0.4) is 0 Å². The number of carbonyl (C=O) groups is 2. The van der Waals surface area contributed by atoms with Crippen LogP contribution >= 0.6 is 7.60 Å². The van der Waals surface area contributed by atoms with Crippen LogP contribution in [0.4, 0.5) is 0 Å². The summed E-state index contributed by atoms with van der Waals surface area (Å²) in [7, 11) is -3.71. The number of carbonyl (C=O) groups excluding carboxylic acids is 2. The Balaban J connectivity index is 5.01. The third kappa shape index (κ3) is 4.30. The lowest BCUT2D eigenvalue weighted by Crippen LogP contribution is -2.34. The summed E-state index contributed by atoms with van der Waals surface area (Å²) in [6.45, 7) is 3.35. The van der Waals surface area contributed by atoms with Crippen LogP contribution in [-0.4, -0.2) is 30.7 Å². The van der Waals surface area contributed by atoms with E-state index >= 15 is 0 Å². The van der Waals surface area contributed by atoms with E-state index in [4.69, 9.17) is 20.5 Å². The molecule has 94 valence electrons. The molecule has 0 aromatic heterocycles. The minimum atomic E-state index is -3.71. The first-order valence-corrected chi connectivity index (χ1v) is 6.45. The molecule has 0 aliphatic carbocycles. The van der Waals surface area contributed by atoms with E-state index in [0.717, 1.165) is 0 Å². The van der Waals surface area contributed by atoms with Crippen LogP contribution in [-0.2, 0) is 23.2 Å². The van der Waals surface area contributed by atoms with Gasteiger partial charge in [0.1, 0.15) is 5.66 Å². The van der Waals surface area contributed by atoms with E-state index in [0.29, 0.717) is 0 Å². The van der Waals surface area contributed by atoms with Crippen LogP contribution in [0.2, 0.25) is 0 Å². The van der Waals surface area contributed by atoms with Crippen molar-refractivity contribution in [3.63, 3.8) is 0 Å². The summed E-state index contributed by atoms with van der Waals surface area (Å²) in [6.07, 6.45) is -0.452. The Morgan fingerprint density at radius 1 is 1.19 bits per heavy atom. The van der Waals surface area contributed by atoms with Gasteiger partial charge in [-0.1, -0.05) is 0 Å². The number of amides is 2. The number of nitrogens with two attached hydrogens (primary N) is 2. The summed E-state index contributed by atoms with van der Waals surface area (Å²) < 4.78 is 22.0. The van der Waals surface area contributed by atoms with Crippen molar-refractivity contribution in [3.05, 3.63) is 0 Å². The third-order valence-corrected chi connectivity index (χ3v) is 4.16. The second-order valence-electron chi connectivity index (χ2n) is 2.96. The summed E-state index contributed by atoms with van der Waals surface area (Å²) in [5.41, 5.74) is 8.67. The van der Waals surface area contributed by atoms with Crippen molar-refractivity contribution in [1.29, 1.82) is 0 Å².